The number of carbonyl (C=O) groups excluding carboxylic acids is 1. The maximum absolute atomic E-state index is 11.4. The van der Waals surface area contributed by atoms with Gasteiger partial charge >= 0.3 is 0 Å². The number of nitrogens with one attached hydrogen (secondary N) is 1. The lowest BCUT2D eigenvalue weighted by Crippen LogP contribution is -2.28. The fraction of sp³-hybridized carbons (Fsp3) is 0.385. The molecule has 96 valence electrons. The van der Waals surface area contributed by atoms with Gasteiger partial charge in [-0.1, -0.05) is 12.1 Å². The molecule has 1 amide bonds. The molecule has 0 fully saturated rings. The van der Waals surface area contributed by atoms with Gasteiger partial charge in [0.2, 0.25) is 5.91 Å². The number of amides is 1. The van der Waals surface area contributed by atoms with Crippen LogP contribution in [0.2, 0.25) is 0 Å². The van der Waals surface area contributed by atoms with Gasteiger partial charge in [0.05, 0.1) is 24.0 Å². The molecular weight excluding hydrogens is 248 g/mol. The second-order valence-corrected chi connectivity index (χ2v) is 4.63. The van der Waals surface area contributed by atoms with E-state index in [1.165, 1.54) is 0 Å². The predicted octanol–water partition coefficient (Wildman–Crippen LogP) is 1.55. The number of thioether (sulfide) groups is 1. The minimum atomic E-state index is 0.0192. The van der Waals surface area contributed by atoms with Crippen molar-refractivity contribution in [2.45, 2.75) is 5.75 Å². The van der Waals surface area contributed by atoms with Crippen LogP contribution < -0.4 is 5.32 Å². The van der Waals surface area contributed by atoms with Gasteiger partial charge in [0, 0.05) is 19.4 Å². The van der Waals surface area contributed by atoms with Crippen molar-refractivity contribution in [1.29, 1.82) is 5.26 Å². The summed E-state index contributed by atoms with van der Waals surface area (Å²) in [5, 5.41) is 11.4. The third-order valence-electron chi connectivity index (χ3n) is 2.21. The first-order chi connectivity index (χ1) is 8.76. The highest BCUT2D eigenvalue weighted by Gasteiger charge is 2.01. The van der Waals surface area contributed by atoms with Crippen molar-refractivity contribution in [2.24, 2.45) is 0 Å². The Kier molecular flexibility index (Phi) is 6.92. The highest BCUT2D eigenvalue weighted by molar-refractivity contribution is 7.99. The summed E-state index contributed by atoms with van der Waals surface area (Å²) >= 11 is 1.55. The van der Waals surface area contributed by atoms with E-state index in [1.54, 1.807) is 31.0 Å². The van der Waals surface area contributed by atoms with E-state index in [9.17, 15) is 4.79 Å². The third-order valence-corrected chi connectivity index (χ3v) is 3.22. The van der Waals surface area contributed by atoms with Crippen molar-refractivity contribution < 1.29 is 9.53 Å². The SMILES string of the molecule is COCCNC(=O)CSCc1ccc(C#N)cc1. The average molecular weight is 264 g/mol. The summed E-state index contributed by atoms with van der Waals surface area (Å²) in [6, 6.07) is 9.47. The fourth-order valence-electron chi connectivity index (χ4n) is 1.28. The summed E-state index contributed by atoms with van der Waals surface area (Å²) in [4.78, 5) is 11.4. The maximum atomic E-state index is 11.4. The van der Waals surface area contributed by atoms with E-state index in [2.05, 4.69) is 11.4 Å². The molecule has 0 radical (unpaired) electrons. The molecule has 1 aromatic carbocycles. The third kappa shape index (κ3) is 5.71. The lowest BCUT2D eigenvalue weighted by Gasteiger charge is -2.04. The summed E-state index contributed by atoms with van der Waals surface area (Å²) in [6.07, 6.45) is 0. The topological polar surface area (TPSA) is 62.1 Å². The Morgan fingerprint density at radius 1 is 1.44 bits per heavy atom. The van der Waals surface area contributed by atoms with Crippen molar-refractivity contribution in [3.8, 4) is 6.07 Å². The molecule has 0 aromatic heterocycles. The van der Waals surface area contributed by atoms with Crippen LogP contribution in [0.15, 0.2) is 24.3 Å². The molecule has 1 rings (SSSR count). The Morgan fingerprint density at radius 2 is 2.17 bits per heavy atom. The molecule has 0 saturated carbocycles. The Balaban J connectivity index is 2.20. The van der Waals surface area contributed by atoms with Crippen molar-refractivity contribution in [2.75, 3.05) is 26.0 Å². The highest BCUT2D eigenvalue weighted by atomic mass is 32.2. The van der Waals surface area contributed by atoms with E-state index >= 15 is 0 Å². The van der Waals surface area contributed by atoms with E-state index in [-0.39, 0.29) is 5.91 Å². The highest BCUT2D eigenvalue weighted by Crippen LogP contribution is 2.12. The Bertz CT molecular complexity index is 412. The van der Waals surface area contributed by atoms with Gasteiger partial charge in [-0.25, -0.2) is 0 Å². The number of carbonyl (C=O) groups is 1. The van der Waals surface area contributed by atoms with Gasteiger partial charge in [0.1, 0.15) is 0 Å². The number of hydrogen-bond donors (Lipinski definition) is 1. The van der Waals surface area contributed by atoms with Gasteiger partial charge in [-0.05, 0) is 17.7 Å². The first-order valence-electron chi connectivity index (χ1n) is 5.58. The summed E-state index contributed by atoms with van der Waals surface area (Å²) in [6.45, 7) is 1.08. The number of nitrogens with zero attached hydrogens (tertiary/aromatic N) is 1. The van der Waals surface area contributed by atoms with Crippen LogP contribution in [0.25, 0.3) is 0 Å². The lowest BCUT2D eigenvalue weighted by atomic mass is 10.2. The van der Waals surface area contributed by atoms with Crippen molar-refractivity contribution in [3.63, 3.8) is 0 Å². The Morgan fingerprint density at radius 3 is 2.78 bits per heavy atom. The smallest absolute Gasteiger partial charge is 0.230 e. The molecular formula is C13H16N2O2S. The molecule has 1 N–H and O–H groups in total. The molecule has 0 aliphatic heterocycles. The number of nitriles is 1. The quantitative estimate of drug-likeness (QED) is 0.759. The lowest BCUT2D eigenvalue weighted by molar-refractivity contribution is -0.118. The molecule has 4 nitrogen and oxygen atoms in total. The van der Waals surface area contributed by atoms with Crippen LogP contribution >= 0.6 is 11.8 Å². The zero-order valence-electron chi connectivity index (χ0n) is 10.3. The number of benzene rings is 1. The number of ether oxygens (including phenoxy) is 1. The molecule has 0 saturated heterocycles. The first kappa shape index (κ1) is 14.6. The van der Waals surface area contributed by atoms with Crippen molar-refractivity contribution >= 4 is 17.7 Å². The van der Waals surface area contributed by atoms with Gasteiger partial charge in [-0.15, -0.1) is 11.8 Å². The Hall–Kier alpha value is -1.51. The summed E-state index contributed by atoms with van der Waals surface area (Å²) in [5.74, 6) is 1.22. The van der Waals surface area contributed by atoms with Gasteiger partial charge in [-0.2, -0.15) is 5.26 Å². The molecule has 1 aromatic rings. The normalized spacial score (nSPS) is 9.78. The van der Waals surface area contributed by atoms with Crippen LogP contribution in [-0.2, 0) is 15.3 Å². The number of rotatable bonds is 7. The van der Waals surface area contributed by atoms with Crippen LogP contribution in [0, 0.1) is 11.3 Å². The standard InChI is InChI=1S/C13H16N2O2S/c1-17-7-6-15-13(16)10-18-9-12-4-2-11(8-14)3-5-12/h2-5H,6-7,9-10H2,1H3,(H,15,16). The first-order valence-corrected chi connectivity index (χ1v) is 6.74. The van der Waals surface area contributed by atoms with Gasteiger partial charge < -0.3 is 10.1 Å². The zero-order valence-corrected chi connectivity index (χ0v) is 11.1. The number of hydrogen-bond acceptors (Lipinski definition) is 4. The second kappa shape index (κ2) is 8.56. The zero-order chi connectivity index (χ0) is 13.2. The van der Waals surface area contributed by atoms with Crippen molar-refractivity contribution in [1.82, 2.24) is 5.32 Å². The summed E-state index contributed by atoms with van der Waals surface area (Å²) < 4.78 is 4.84. The predicted molar refractivity (Wildman–Crippen MR) is 72.2 cm³/mol. The van der Waals surface area contributed by atoms with Crippen LogP contribution in [0.5, 0.6) is 0 Å². The molecule has 0 aliphatic carbocycles. The molecule has 18 heavy (non-hydrogen) atoms. The molecule has 0 spiro atoms. The van der Waals surface area contributed by atoms with Crippen LogP contribution in [0.3, 0.4) is 0 Å². The molecule has 0 atom stereocenters. The molecule has 0 unspecified atom stereocenters. The van der Waals surface area contributed by atoms with E-state index in [0.717, 1.165) is 11.3 Å². The van der Waals surface area contributed by atoms with E-state index in [4.69, 9.17) is 10.00 Å². The van der Waals surface area contributed by atoms with E-state index < -0.39 is 0 Å². The molecule has 5 heteroatoms. The van der Waals surface area contributed by atoms with Crippen LogP contribution in [0.4, 0.5) is 0 Å². The monoisotopic (exact) mass is 264 g/mol. The molecule has 0 aliphatic rings. The minimum Gasteiger partial charge on any atom is -0.383 e. The van der Waals surface area contributed by atoms with Gasteiger partial charge in [0.25, 0.3) is 0 Å². The molecule has 0 heterocycles. The van der Waals surface area contributed by atoms with Gasteiger partial charge in [0.15, 0.2) is 0 Å². The van der Waals surface area contributed by atoms with Crippen LogP contribution in [0.1, 0.15) is 11.1 Å². The second-order valence-electron chi connectivity index (χ2n) is 3.64. The Labute approximate surface area is 111 Å². The number of methoxy groups -OCH3 is 1. The minimum absolute atomic E-state index is 0.0192. The molecule has 0 bridgehead atoms. The maximum Gasteiger partial charge on any atom is 0.230 e. The summed E-state index contributed by atoms with van der Waals surface area (Å²) in [5.41, 5.74) is 1.77. The summed E-state index contributed by atoms with van der Waals surface area (Å²) in [7, 11) is 1.60. The average Bonchev–Trinajstić information content (AvgIpc) is 2.40. The van der Waals surface area contributed by atoms with E-state index in [1.807, 2.05) is 12.1 Å². The van der Waals surface area contributed by atoms with Crippen molar-refractivity contribution in [3.05, 3.63) is 35.4 Å². The van der Waals surface area contributed by atoms with Crippen LogP contribution in [-0.4, -0.2) is 31.9 Å². The van der Waals surface area contributed by atoms with E-state index in [0.29, 0.717) is 24.5 Å². The van der Waals surface area contributed by atoms with Gasteiger partial charge in [-0.3, -0.25) is 4.79 Å². The fourth-order valence-corrected chi connectivity index (χ4v) is 2.10. The largest absolute Gasteiger partial charge is 0.383 e.